The summed E-state index contributed by atoms with van der Waals surface area (Å²) in [7, 11) is 0. The second-order valence-corrected chi connectivity index (χ2v) is 6.43. The van der Waals surface area contributed by atoms with Gasteiger partial charge in [0.1, 0.15) is 17.4 Å². The Hall–Kier alpha value is -3.87. The molecule has 2 aromatic carbocycles. The number of amides is 1. The Bertz CT molecular complexity index is 1110. The number of aliphatic hydroxyl groups excluding tert-OH is 1. The van der Waals surface area contributed by atoms with Crippen LogP contribution in [0.5, 0.6) is 0 Å². The minimum absolute atomic E-state index is 0.142. The van der Waals surface area contributed by atoms with Crippen LogP contribution in [0, 0.1) is 11.6 Å². The number of anilines is 1. The first-order chi connectivity index (χ1) is 14.0. The zero-order valence-electron chi connectivity index (χ0n) is 14.9. The summed E-state index contributed by atoms with van der Waals surface area (Å²) in [5.74, 6) is -3.12. The molecule has 2 heterocycles. The second kappa shape index (κ2) is 7.27. The lowest BCUT2D eigenvalue weighted by molar-refractivity contribution is -0.132. The van der Waals surface area contributed by atoms with Crippen LogP contribution in [-0.4, -0.2) is 21.8 Å². The molecule has 4 rings (SSSR count). The van der Waals surface area contributed by atoms with Crippen molar-refractivity contribution in [2.75, 3.05) is 4.90 Å². The van der Waals surface area contributed by atoms with E-state index in [-0.39, 0.29) is 17.0 Å². The van der Waals surface area contributed by atoms with Crippen molar-refractivity contribution in [2.24, 2.45) is 0 Å². The van der Waals surface area contributed by atoms with E-state index in [1.54, 1.807) is 0 Å². The summed E-state index contributed by atoms with van der Waals surface area (Å²) in [6.07, 6.45) is 2.88. The zero-order chi connectivity index (χ0) is 20.5. The number of carbonyl (C=O) groups is 2. The maximum Gasteiger partial charge on any atom is 0.300 e. The molecule has 0 saturated carbocycles. The van der Waals surface area contributed by atoms with Gasteiger partial charge in [-0.25, -0.2) is 8.78 Å². The molecule has 0 radical (unpaired) electrons. The van der Waals surface area contributed by atoms with Crippen LogP contribution in [0.4, 0.5) is 14.5 Å². The number of pyridine rings is 1. The van der Waals surface area contributed by atoms with E-state index in [0.29, 0.717) is 11.1 Å². The number of aromatic nitrogens is 1. The minimum atomic E-state index is -1.01. The van der Waals surface area contributed by atoms with Crippen LogP contribution in [0.15, 0.2) is 78.6 Å². The Morgan fingerprint density at radius 2 is 1.41 bits per heavy atom. The quantitative estimate of drug-likeness (QED) is 0.416. The largest absolute Gasteiger partial charge is 0.507 e. The van der Waals surface area contributed by atoms with Crippen LogP contribution in [-0.2, 0) is 9.59 Å². The predicted molar refractivity (Wildman–Crippen MR) is 102 cm³/mol. The van der Waals surface area contributed by atoms with Gasteiger partial charge in [0, 0.05) is 23.6 Å². The number of halogens is 2. The van der Waals surface area contributed by atoms with Crippen LogP contribution < -0.4 is 4.90 Å². The van der Waals surface area contributed by atoms with Crippen LogP contribution >= 0.6 is 0 Å². The maximum atomic E-state index is 13.5. The summed E-state index contributed by atoms with van der Waals surface area (Å²) in [5, 5.41) is 10.8. The van der Waals surface area contributed by atoms with Crippen LogP contribution in [0.25, 0.3) is 5.76 Å². The summed E-state index contributed by atoms with van der Waals surface area (Å²) < 4.78 is 26.8. The van der Waals surface area contributed by atoms with Gasteiger partial charge >= 0.3 is 0 Å². The van der Waals surface area contributed by atoms with E-state index in [1.807, 2.05) is 0 Å². The topological polar surface area (TPSA) is 70.5 Å². The lowest BCUT2D eigenvalue weighted by Gasteiger charge is -2.25. The molecule has 3 aromatic rings. The molecular formula is C22H14F2N2O3. The molecule has 1 aliphatic rings. The van der Waals surface area contributed by atoms with Crippen molar-refractivity contribution >= 4 is 23.1 Å². The monoisotopic (exact) mass is 392 g/mol. The third kappa shape index (κ3) is 3.27. The first-order valence-corrected chi connectivity index (χ1v) is 8.70. The lowest BCUT2D eigenvalue weighted by Crippen LogP contribution is -2.29. The average Bonchev–Trinajstić information content (AvgIpc) is 3.00. The van der Waals surface area contributed by atoms with Gasteiger partial charge in [-0.2, -0.15) is 0 Å². The predicted octanol–water partition coefficient (Wildman–Crippen LogP) is 3.99. The Morgan fingerprint density at radius 1 is 0.862 bits per heavy atom. The number of benzene rings is 2. The van der Waals surface area contributed by atoms with E-state index in [4.69, 9.17) is 0 Å². The summed E-state index contributed by atoms with van der Waals surface area (Å²) in [4.78, 5) is 30.7. The van der Waals surface area contributed by atoms with E-state index in [1.165, 1.54) is 78.0 Å². The number of Topliss-reactive ketones (excluding diaryl/α,β-unsaturated/α-hetero) is 1. The van der Waals surface area contributed by atoms with Gasteiger partial charge in [-0.15, -0.1) is 0 Å². The van der Waals surface area contributed by atoms with Gasteiger partial charge in [0.25, 0.3) is 11.7 Å². The first kappa shape index (κ1) is 18.5. The summed E-state index contributed by atoms with van der Waals surface area (Å²) in [6, 6.07) is 12.3. The Balaban J connectivity index is 1.94. The van der Waals surface area contributed by atoms with Crippen molar-refractivity contribution in [1.29, 1.82) is 0 Å². The molecule has 0 aliphatic carbocycles. The number of rotatable bonds is 3. The van der Waals surface area contributed by atoms with Crippen molar-refractivity contribution in [3.63, 3.8) is 0 Å². The third-order valence-corrected chi connectivity index (χ3v) is 4.69. The second-order valence-electron chi connectivity index (χ2n) is 6.43. The number of nitrogens with zero attached hydrogens (tertiary/aromatic N) is 2. The maximum absolute atomic E-state index is 13.5. The van der Waals surface area contributed by atoms with Crippen molar-refractivity contribution in [2.45, 2.75) is 6.04 Å². The molecule has 1 aromatic heterocycles. The molecule has 1 unspecified atom stereocenters. The molecule has 1 N–H and O–H groups in total. The van der Waals surface area contributed by atoms with Crippen molar-refractivity contribution in [3.05, 3.63) is 101 Å². The average molecular weight is 392 g/mol. The third-order valence-electron chi connectivity index (χ3n) is 4.69. The van der Waals surface area contributed by atoms with Gasteiger partial charge in [0.05, 0.1) is 11.6 Å². The highest BCUT2D eigenvalue weighted by atomic mass is 19.1. The van der Waals surface area contributed by atoms with Gasteiger partial charge in [0.2, 0.25) is 0 Å². The van der Waals surface area contributed by atoms with E-state index < -0.39 is 29.4 Å². The first-order valence-electron chi connectivity index (χ1n) is 8.70. The standard InChI is InChI=1S/C22H14F2N2O3/c23-15-3-1-13(2-4-15)19-18(20(27)14-9-11-25-12-10-14)21(28)22(29)26(19)17-7-5-16(24)6-8-17/h1-12,19,27H/b20-18-. The molecule has 1 atom stereocenters. The van der Waals surface area contributed by atoms with Gasteiger partial charge in [-0.05, 0) is 54.1 Å². The molecule has 0 spiro atoms. The van der Waals surface area contributed by atoms with E-state index in [9.17, 15) is 23.5 Å². The number of hydrogen-bond donors (Lipinski definition) is 1. The molecule has 5 nitrogen and oxygen atoms in total. The van der Waals surface area contributed by atoms with Crippen molar-refractivity contribution in [1.82, 2.24) is 4.98 Å². The molecule has 144 valence electrons. The number of carbonyl (C=O) groups excluding carboxylic acids is 2. The highest BCUT2D eigenvalue weighted by Crippen LogP contribution is 2.42. The Morgan fingerprint density at radius 3 is 2.00 bits per heavy atom. The fourth-order valence-electron chi connectivity index (χ4n) is 3.33. The number of ketones is 1. The highest BCUT2D eigenvalue weighted by Gasteiger charge is 2.46. The minimum Gasteiger partial charge on any atom is -0.507 e. The zero-order valence-corrected chi connectivity index (χ0v) is 14.9. The smallest absolute Gasteiger partial charge is 0.300 e. The summed E-state index contributed by atoms with van der Waals surface area (Å²) >= 11 is 0. The molecule has 1 saturated heterocycles. The van der Waals surface area contributed by atoms with Gasteiger partial charge in [0.15, 0.2) is 0 Å². The molecule has 1 amide bonds. The van der Waals surface area contributed by atoms with Crippen LogP contribution in [0.1, 0.15) is 17.2 Å². The fourth-order valence-corrected chi connectivity index (χ4v) is 3.33. The number of hydrogen-bond acceptors (Lipinski definition) is 4. The molecular weight excluding hydrogens is 378 g/mol. The molecule has 7 heteroatoms. The van der Waals surface area contributed by atoms with Crippen LogP contribution in [0.3, 0.4) is 0 Å². The summed E-state index contributed by atoms with van der Waals surface area (Å²) in [5.41, 5.74) is 0.864. The van der Waals surface area contributed by atoms with Gasteiger partial charge < -0.3 is 5.11 Å². The SMILES string of the molecule is O=C1C(=O)N(c2ccc(F)cc2)C(c2ccc(F)cc2)/C1=C(/O)c1ccncc1. The Labute approximate surface area is 164 Å². The van der Waals surface area contributed by atoms with Gasteiger partial charge in [-0.1, -0.05) is 12.1 Å². The Kier molecular flexibility index (Phi) is 4.64. The van der Waals surface area contributed by atoms with Crippen LogP contribution in [0.2, 0.25) is 0 Å². The van der Waals surface area contributed by atoms with Crippen molar-refractivity contribution in [3.8, 4) is 0 Å². The number of aliphatic hydroxyl groups is 1. The van der Waals surface area contributed by atoms with Crippen molar-refractivity contribution < 1.29 is 23.5 Å². The fraction of sp³-hybridized carbons (Fsp3) is 0.0455. The van der Waals surface area contributed by atoms with E-state index >= 15 is 0 Å². The molecule has 29 heavy (non-hydrogen) atoms. The highest BCUT2D eigenvalue weighted by molar-refractivity contribution is 6.51. The normalized spacial score (nSPS) is 18.3. The lowest BCUT2D eigenvalue weighted by atomic mass is 9.95. The van der Waals surface area contributed by atoms with E-state index in [2.05, 4.69) is 4.98 Å². The van der Waals surface area contributed by atoms with Gasteiger partial charge in [-0.3, -0.25) is 19.5 Å². The molecule has 1 aliphatic heterocycles. The molecule has 0 bridgehead atoms. The van der Waals surface area contributed by atoms with E-state index in [0.717, 1.165) is 0 Å². The molecule has 1 fully saturated rings. The summed E-state index contributed by atoms with van der Waals surface area (Å²) in [6.45, 7) is 0.